The topological polar surface area (TPSA) is 64.6 Å². The molecule has 118 valence electrons. The number of hydrogen-bond donors (Lipinski definition) is 3. The van der Waals surface area contributed by atoms with Crippen molar-refractivity contribution in [1.29, 1.82) is 0 Å². The molecule has 0 aromatic heterocycles. The lowest BCUT2D eigenvalue weighted by Crippen LogP contribution is -2.32. The van der Waals surface area contributed by atoms with Crippen LogP contribution in [0.15, 0.2) is 24.3 Å². The van der Waals surface area contributed by atoms with Crippen molar-refractivity contribution in [3.8, 4) is 0 Å². The van der Waals surface area contributed by atoms with Crippen LogP contribution in [0.25, 0.3) is 0 Å². The molecule has 0 saturated carbocycles. The fourth-order valence-electron chi connectivity index (χ4n) is 2.10. The van der Waals surface area contributed by atoms with Gasteiger partial charge >= 0.3 is 6.03 Å². The third-order valence-electron chi connectivity index (χ3n) is 3.46. The molecule has 2 amide bonds. The molecule has 21 heavy (non-hydrogen) atoms. The molecule has 0 saturated heterocycles. The van der Waals surface area contributed by atoms with Crippen LogP contribution in [-0.4, -0.2) is 42.2 Å². The number of nitrogens with one attached hydrogen (secondary N) is 2. The molecule has 0 bridgehead atoms. The van der Waals surface area contributed by atoms with Crippen LogP contribution in [0.3, 0.4) is 0 Å². The van der Waals surface area contributed by atoms with E-state index in [4.69, 9.17) is 0 Å². The highest BCUT2D eigenvalue weighted by molar-refractivity contribution is 5.89. The quantitative estimate of drug-likeness (QED) is 0.646. The van der Waals surface area contributed by atoms with Crippen molar-refractivity contribution in [1.82, 2.24) is 10.2 Å². The highest BCUT2D eigenvalue weighted by Crippen LogP contribution is 2.16. The maximum Gasteiger partial charge on any atom is 0.319 e. The van der Waals surface area contributed by atoms with Gasteiger partial charge in [0, 0.05) is 12.2 Å². The zero-order valence-electron chi connectivity index (χ0n) is 13.2. The molecule has 0 heterocycles. The van der Waals surface area contributed by atoms with Crippen LogP contribution in [0, 0.1) is 0 Å². The van der Waals surface area contributed by atoms with Gasteiger partial charge in [0.25, 0.3) is 0 Å². The average Bonchev–Trinajstić information content (AvgIpc) is 2.47. The van der Waals surface area contributed by atoms with E-state index in [2.05, 4.69) is 29.4 Å². The second-order valence-corrected chi connectivity index (χ2v) is 5.06. The van der Waals surface area contributed by atoms with E-state index in [1.54, 1.807) is 19.1 Å². The minimum absolute atomic E-state index is 0.211. The first kappa shape index (κ1) is 17.5. The maximum atomic E-state index is 11.8. The summed E-state index contributed by atoms with van der Waals surface area (Å²) in [6.45, 7) is 9.69. The predicted molar refractivity (Wildman–Crippen MR) is 86.5 cm³/mol. The van der Waals surface area contributed by atoms with Crippen LogP contribution in [0.2, 0.25) is 0 Å². The molecular weight excluding hydrogens is 266 g/mol. The summed E-state index contributed by atoms with van der Waals surface area (Å²) in [4.78, 5) is 14.1. The van der Waals surface area contributed by atoms with Crippen LogP contribution in [0.4, 0.5) is 10.5 Å². The summed E-state index contributed by atoms with van der Waals surface area (Å²) in [6, 6.07) is 7.02. The first-order valence-electron chi connectivity index (χ1n) is 7.62. The Balaban J connectivity index is 2.32. The van der Waals surface area contributed by atoms with Crippen molar-refractivity contribution in [2.24, 2.45) is 0 Å². The molecule has 0 fully saturated rings. The summed E-state index contributed by atoms with van der Waals surface area (Å²) in [5.74, 6) is 0. The van der Waals surface area contributed by atoms with E-state index in [9.17, 15) is 9.90 Å². The van der Waals surface area contributed by atoms with Gasteiger partial charge < -0.3 is 20.6 Å². The molecular formula is C16H27N3O2. The lowest BCUT2D eigenvalue weighted by atomic mass is 10.1. The number of rotatable bonds is 8. The molecule has 3 N–H and O–H groups in total. The molecule has 0 aliphatic heterocycles. The van der Waals surface area contributed by atoms with Gasteiger partial charge in [0.15, 0.2) is 0 Å². The third-order valence-corrected chi connectivity index (χ3v) is 3.46. The summed E-state index contributed by atoms with van der Waals surface area (Å²) in [5, 5.41) is 15.1. The maximum absolute atomic E-state index is 11.8. The first-order chi connectivity index (χ1) is 10.1. The minimum Gasteiger partial charge on any atom is -0.389 e. The van der Waals surface area contributed by atoms with Crippen LogP contribution < -0.4 is 10.6 Å². The van der Waals surface area contributed by atoms with E-state index in [1.165, 1.54) is 0 Å². The number of aliphatic hydroxyl groups excluding tert-OH is 1. The fourth-order valence-corrected chi connectivity index (χ4v) is 2.10. The number of amides is 2. The van der Waals surface area contributed by atoms with Crippen molar-refractivity contribution in [3.63, 3.8) is 0 Å². The van der Waals surface area contributed by atoms with Gasteiger partial charge in [-0.15, -0.1) is 0 Å². The molecule has 1 rings (SSSR count). The van der Waals surface area contributed by atoms with E-state index in [-0.39, 0.29) is 6.03 Å². The lowest BCUT2D eigenvalue weighted by Gasteiger charge is -2.17. The molecule has 0 aliphatic carbocycles. The monoisotopic (exact) mass is 293 g/mol. The van der Waals surface area contributed by atoms with Crippen LogP contribution in [-0.2, 0) is 0 Å². The number of hydrogen-bond acceptors (Lipinski definition) is 3. The first-order valence-corrected chi connectivity index (χ1v) is 7.62. The zero-order chi connectivity index (χ0) is 15.7. The Morgan fingerprint density at radius 1 is 1.33 bits per heavy atom. The van der Waals surface area contributed by atoms with Crippen molar-refractivity contribution >= 4 is 11.7 Å². The van der Waals surface area contributed by atoms with Gasteiger partial charge in [-0.3, -0.25) is 0 Å². The molecule has 1 atom stereocenters. The lowest BCUT2D eigenvalue weighted by molar-refractivity contribution is 0.199. The van der Waals surface area contributed by atoms with Gasteiger partial charge in [-0.2, -0.15) is 0 Å². The number of benzene rings is 1. The molecule has 1 unspecified atom stereocenters. The predicted octanol–water partition coefficient (Wildman–Crippen LogP) is 2.59. The summed E-state index contributed by atoms with van der Waals surface area (Å²) in [7, 11) is 0. The Morgan fingerprint density at radius 2 is 2.05 bits per heavy atom. The minimum atomic E-state index is -0.538. The number of aliphatic hydroxyl groups is 1. The summed E-state index contributed by atoms with van der Waals surface area (Å²) < 4.78 is 0. The number of carbonyl (C=O) groups is 1. The van der Waals surface area contributed by atoms with Gasteiger partial charge in [0.1, 0.15) is 0 Å². The van der Waals surface area contributed by atoms with Gasteiger partial charge in [0.05, 0.1) is 6.10 Å². The molecule has 5 nitrogen and oxygen atoms in total. The highest BCUT2D eigenvalue weighted by atomic mass is 16.3. The van der Waals surface area contributed by atoms with Crippen LogP contribution >= 0.6 is 0 Å². The Hall–Kier alpha value is -1.59. The Kier molecular flexibility index (Phi) is 7.79. The Morgan fingerprint density at radius 3 is 2.67 bits per heavy atom. The second kappa shape index (κ2) is 9.37. The molecule has 0 spiro atoms. The SMILES string of the molecule is CCN(CC)CCCNC(=O)Nc1cccc(C(C)O)c1. The second-order valence-electron chi connectivity index (χ2n) is 5.06. The summed E-state index contributed by atoms with van der Waals surface area (Å²) in [5.41, 5.74) is 1.48. The van der Waals surface area contributed by atoms with E-state index in [0.717, 1.165) is 31.6 Å². The van der Waals surface area contributed by atoms with Gasteiger partial charge in [-0.25, -0.2) is 4.79 Å². The van der Waals surface area contributed by atoms with Crippen LogP contribution in [0.1, 0.15) is 38.9 Å². The van der Waals surface area contributed by atoms with Gasteiger partial charge in [-0.1, -0.05) is 26.0 Å². The fraction of sp³-hybridized carbons (Fsp3) is 0.562. The third kappa shape index (κ3) is 6.60. The summed E-state index contributed by atoms with van der Waals surface area (Å²) >= 11 is 0. The number of urea groups is 1. The number of carbonyl (C=O) groups excluding carboxylic acids is 1. The van der Waals surface area contributed by atoms with E-state index >= 15 is 0 Å². The van der Waals surface area contributed by atoms with E-state index in [1.807, 2.05) is 12.1 Å². The highest BCUT2D eigenvalue weighted by Gasteiger charge is 2.05. The molecule has 5 heteroatoms. The van der Waals surface area contributed by atoms with Gasteiger partial charge in [-0.05, 0) is 50.7 Å². The van der Waals surface area contributed by atoms with Gasteiger partial charge in [0.2, 0.25) is 0 Å². The molecule has 1 aromatic rings. The van der Waals surface area contributed by atoms with E-state index in [0.29, 0.717) is 12.2 Å². The van der Waals surface area contributed by atoms with E-state index < -0.39 is 6.10 Å². The van der Waals surface area contributed by atoms with Crippen molar-refractivity contribution in [3.05, 3.63) is 29.8 Å². The Labute approximate surface area is 127 Å². The Bertz CT molecular complexity index is 431. The zero-order valence-corrected chi connectivity index (χ0v) is 13.2. The van der Waals surface area contributed by atoms with Crippen molar-refractivity contribution in [2.45, 2.75) is 33.3 Å². The van der Waals surface area contributed by atoms with Crippen molar-refractivity contribution in [2.75, 3.05) is 31.5 Å². The molecule has 0 radical (unpaired) electrons. The standard InChI is InChI=1S/C16H27N3O2/c1-4-19(5-2)11-7-10-17-16(21)18-15-9-6-8-14(12-15)13(3)20/h6,8-9,12-13,20H,4-5,7,10-11H2,1-3H3,(H2,17,18,21). The largest absolute Gasteiger partial charge is 0.389 e. The molecule has 0 aliphatic rings. The van der Waals surface area contributed by atoms with Crippen LogP contribution in [0.5, 0.6) is 0 Å². The number of anilines is 1. The molecule has 1 aromatic carbocycles. The average molecular weight is 293 g/mol. The normalized spacial score (nSPS) is 12.2. The van der Waals surface area contributed by atoms with Crippen molar-refractivity contribution < 1.29 is 9.90 Å². The number of nitrogens with zero attached hydrogens (tertiary/aromatic N) is 1. The smallest absolute Gasteiger partial charge is 0.319 e. The summed E-state index contributed by atoms with van der Waals surface area (Å²) in [6.07, 6.45) is 0.395.